The van der Waals surface area contributed by atoms with Crippen LogP contribution in [0.1, 0.15) is 24.0 Å². The van der Waals surface area contributed by atoms with E-state index in [1.165, 1.54) is 16.7 Å². The van der Waals surface area contributed by atoms with Gasteiger partial charge in [0.25, 0.3) is 0 Å². The largest absolute Gasteiger partial charge is 0.394 e. The fourth-order valence-corrected chi connectivity index (χ4v) is 3.11. The molecular weight excluding hydrogens is 238 g/mol. The van der Waals surface area contributed by atoms with Crippen molar-refractivity contribution in [3.05, 3.63) is 47.0 Å². The molecule has 1 heterocycles. The summed E-state index contributed by atoms with van der Waals surface area (Å²) < 4.78 is 5.46. The molecule has 0 saturated carbocycles. The first kappa shape index (κ1) is 12.9. The number of fused-ring (bicyclic) bond motifs is 1. The van der Waals surface area contributed by atoms with E-state index in [1.54, 1.807) is 0 Å². The fourth-order valence-electron chi connectivity index (χ4n) is 3.11. The molecule has 3 heteroatoms. The fraction of sp³-hybridized carbons (Fsp3) is 0.500. The van der Waals surface area contributed by atoms with E-state index in [0.717, 1.165) is 39.0 Å². The van der Waals surface area contributed by atoms with Gasteiger partial charge in [-0.1, -0.05) is 30.3 Å². The van der Waals surface area contributed by atoms with Crippen LogP contribution in [0.2, 0.25) is 0 Å². The maximum absolute atomic E-state index is 9.88. The SMILES string of the molecule is OCC1(NCC2=CCCOC2)CCc2ccccc21. The molecule has 1 atom stereocenters. The lowest BCUT2D eigenvalue weighted by Gasteiger charge is -2.31. The molecular formula is C16H21NO2. The predicted octanol–water partition coefficient (Wildman–Crippen LogP) is 1.76. The zero-order chi connectivity index (χ0) is 13.1. The van der Waals surface area contributed by atoms with Crippen LogP contribution in [-0.4, -0.2) is 31.5 Å². The van der Waals surface area contributed by atoms with Gasteiger partial charge in [-0.2, -0.15) is 0 Å². The normalized spacial score (nSPS) is 26.1. The lowest BCUT2D eigenvalue weighted by Crippen LogP contribution is -2.45. The van der Waals surface area contributed by atoms with Crippen molar-refractivity contribution in [1.82, 2.24) is 5.32 Å². The highest BCUT2D eigenvalue weighted by atomic mass is 16.5. The zero-order valence-electron chi connectivity index (χ0n) is 11.2. The summed E-state index contributed by atoms with van der Waals surface area (Å²) in [5.41, 5.74) is 3.64. The van der Waals surface area contributed by atoms with Crippen molar-refractivity contribution < 1.29 is 9.84 Å². The molecule has 2 aliphatic rings. The van der Waals surface area contributed by atoms with Crippen molar-refractivity contribution in [2.24, 2.45) is 0 Å². The van der Waals surface area contributed by atoms with E-state index in [1.807, 2.05) is 0 Å². The smallest absolute Gasteiger partial charge is 0.0689 e. The summed E-state index contributed by atoms with van der Waals surface area (Å²) in [5.74, 6) is 0. The van der Waals surface area contributed by atoms with Crippen molar-refractivity contribution in [1.29, 1.82) is 0 Å². The summed E-state index contributed by atoms with van der Waals surface area (Å²) in [6.07, 6.45) is 5.26. The molecule has 0 bridgehead atoms. The van der Waals surface area contributed by atoms with Gasteiger partial charge in [0.15, 0.2) is 0 Å². The van der Waals surface area contributed by atoms with Crippen molar-refractivity contribution in [3.63, 3.8) is 0 Å². The molecule has 1 aliphatic carbocycles. The third-order valence-corrected chi connectivity index (χ3v) is 4.26. The Hall–Kier alpha value is -1.16. The minimum absolute atomic E-state index is 0.151. The summed E-state index contributed by atoms with van der Waals surface area (Å²) in [7, 11) is 0. The first-order valence-electron chi connectivity index (χ1n) is 7.04. The molecule has 1 unspecified atom stereocenters. The minimum atomic E-state index is -0.269. The Morgan fingerprint density at radius 3 is 3.00 bits per heavy atom. The molecule has 19 heavy (non-hydrogen) atoms. The van der Waals surface area contributed by atoms with Gasteiger partial charge in [-0.3, -0.25) is 0 Å². The summed E-state index contributed by atoms with van der Waals surface area (Å²) >= 11 is 0. The summed E-state index contributed by atoms with van der Waals surface area (Å²) in [6, 6.07) is 8.43. The average Bonchev–Trinajstić information content (AvgIpc) is 2.86. The molecule has 3 rings (SSSR count). The van der Waals surface area contributed by atoms with Gasteiger partial charge >= 0.3 is 0 Å². The van der Waals surface area contributed by atoms with Gasteiger partial charge in [0, 0.05) is 6.54 Å². The lowest BCUT2D eigenvalue weighted by molar-refractivity contribution is 0.139. The average molecular weight is 259 g/mol. The molecule has 1 aliphatic heterocycles. The number of aryl methyl sites for hydroxylation is 1. The second kappa shape index (κ2) is 5.45. The number of hydrogen-bond donors (Lipinski definition) is 2. The number of ether oxygens (including phenoxy) is 1. The van der Waals surface area contributed by atoms with Crippen LogP contribution >= 0.6 is 0 Å². The molecule has 1 aromatic carbocycles. The molecule has 2 N–H and O–H groups in total. The Bertz CT molecular complexity index is 483. The lowest BCUT2D eigenvalue weighted by atomic mass is 9.92. The van der Waals surface area contributed by atoms with E-state index in [4.69, 9.17) is 4.74 Å². The Morgan fingerprint density at radius 2 is 2.21 bits per heavy atom. The summed E-state index contributed by atoms with van der Waals surface area (Å²) in [6.45, 7) is 2.50. The molecule has 0 amide bonds. The Labute approximate surface area is 114 Å². The highest BCUT2D eigenvalue weighted by molar-refractivity contribution is 5.39. The zero-order valence-corrected chi connectivity index (χ0v) is 11.2. The van der Waals surface area contributed by atoms with Gasteiger partial charge in [0.1, 0.15) is 0 Å². The third kappa shape index (κ3) is 2.46. The molecule has 0 spiro atoms. The third-order valence-electron chi connectivity index (χ3n) is 4.26. The molecule has 0 aromatic heterocycles. The van der Waals surface area contributed by atoms with E-state index in [0.29, 0.717) is 0 Å². The first-order valence-corrected chi connectivity index (χ1v) is 7.04. The van der Waals surface area contributed by atoms with Gasteiger partial charge in [0.05, 0.1) is 25.4 Å². The van der Waals surface area contributed by atoms with Gasteiger partial charge in [0.2, 0.25) is 0 Å². The Kier molecular flexibility index (Phi) is 3.69. The minimum Gasteiger partial charge on any atom is -0.394 e. The van der Waals surface area contributed by atoms with Gasteiger partial charge in [-0.25, -0.2) is 0 Å². The van der Waals surface area contributed by atoms with E-state index >= 15 is 0 Å². The topological polar surface area (TPSA) is 41.5 Å². The second-order valence-electron chi connectivity index (χ2n) is 5.45. The van der Waals surface area contributed by atoms with Gasteiger partial charge < -0.3 is 15.2 Å². The van der Waals surface area contributed by atoms with Crippen molar-refractivity contribution in [3.8, 4) is 0 Å². The quantitative estimate of drug-likeness (QED) is 0.810. The molecule has 0 saturated heterocycles. The second-order valence-corrected chi connectivity index (χ2v) is 5.45. The van der Waals surface area contributed by atoms with Crippen LogP contribution in [0.15, 0.2) is 35.9 Å². The van der Waals surface area contributed by atoms with E-state index in [2.05, 4.69) is 35.7 Å². The molecule has 0 radical (unpaired) electrons. The van der Waals surface area contributed by atoms with Crippen LogP contribution in [0.25, 0.3) is 0 Å². The molecule has 102 valence electrons. The van der Waals surface area contributed by atoms with Crippen LogP contribution in [0, 0.1) is 0 Å². The molecule has 3 nitrogen and oxygen atoms in total. The summed E-state index contributed by atoms with van der Waals surface area (Å²) in [4.78, 5) is 0. The van der Waals surface area contributed by atoms with E-state index in [-0.39, 0.29) is 12.1 Å². The first-order chi connectivity index (χ1) is 9.34. The Morgan fingerprint density at radius 1 is 1.32 bits per heavy atom. The van der Waals surface area contributed by atoms with Gasteiger partial charge in [-0.05, 0) is 36.0 Å². The summed E-state index contributed by atoms with van der Waals surface area (Å²) in [5, 5.41) is 13.5. The van der Waals surface area contributed by atoms with Gasteiger partial charge in [-0.15, -0.1) is 0 Å². The van der Waals surface area contributed by atoms with Crippen LogP contribution in [0.5, 0.6) is 0 Å². The number of aliphatic hydroxyl groups is 1. The van der Waals surface area contributed by atoms with Crippen LogP contribution in [-0.2, 0) is 16.7 Å². The maximum atomic E-state index is 9.88. The van der Waals surface area contributed by atoms with Crippen molar-refractivity contribution in [2.75, 3.05) is 26.4 Å². The highest BCUT2D eigenvalue weighted by Crippen LogP contribution is 2.36. The van der Waals surface area contributed by atoms with Crippen molar-refractivity contribution in [2.45, 2.75) is 24.8 Å². The number of rotatable bonds is 4. The van der Waals surface area contributed by atoms with Crippen LogP contribution in [0.4, 0.5) is 0 Å². The van der Waals surface area contributed by atoms with E-state index in [9.17, 15) is 5.11 Å². The van der Waals surface area contributed by atoms with E-state index < -0.39 is 0 Å². The maximum Gasteiger partial charge on any atom is 0.0689 e. The van der Waals surface area contributed by atoms with Crippen LogP contribution < -0.4 is 5.32 Å². The predicted molar refractivity (Wildman–Crippen MR) is 75.0 cm³/mol. The number of benzene rings is 1. The van der Waals surface area contributed by atoms with Crippen LogP contribution in [0.3, 0.4) is 0 Å². The number of nitrogens with one attached hydrogen (secondary N) is 1. The standard InChI is InChI=1S/C16H21NO2/c18-12-16(17-10-13-4-3-9-19-11-13)8-7-14-5-1-2-6-15(14)16/h1-2,4-6,17-18H,3,7-12H2. The highest BCUT2D eigenvalue weighted by Gasteiger charge is 2.37. The monoisotopic (exact) mass is 259 g/mol. The van der Waals surface area contributed by atoms with Crippen molar-refractivity contribution >= 4 is 0 Å². The number of hydrogen-bond acceptors (Lipinski definition) is 3. The Balaban J connectivity index is 1.76. The molecule has 0 fully saturated rings. The molecule has 1 aromatic rings. The number of aliphatic hydroxyl groups excluding tert-OH is 1.